The Hall–Kier alpha value is -1.86. The SMILES string of the molecule is CCCCSC(C)(ON1C(=O)c2ccccc2C1=O)C(=O)O. The molecule has 1 atom stereocenters. The van der Waals surface area contributed by atoms with Gasteiger partial charge in [0.15, 0.2) is 0 Å². The van der Waals surface area contributed by atoms with Crippen LogP contribution >= 0.6 is 11.8 Å². The number of carbonyl (C=O) groups excluding carboxylic acids is 2. The molecule has 1 aliphatic heterocycles. The van der Waals surface area contributed by atoms with E-state index in [1.54, 1.807) is 12.1 Å². The van der Waals surface area contributed by atoms with Crippen LogP contribution in [-0.2, 0) is 9.63 Å². The van der Waals surface area contributed by atoms with E-state index in [0.29, 0.717) is 10.8 Å². The van der Waals surface area contributed by atoms with Crippen LogP contribution in [0.15, 0.2) is 24.3 Å². The largest absolute Gasteiger partial charge is 0.478 e. The number of fused-ring (bicyclic) bond motifs is 1. The summed E-state index contributed by atoms with van der Waals surface area (Å²) in [6.07, 6.45) is 1.73. The maximum absolute atomic E-state index is 12.2. The van der Waals surface area contributed by atoms with Crippen LogP contribution in [0.25, 0.3) is 0 Å². The van der Waals surface area contributed by atoms with Crippen LogP contribution in [0.1, 0.15) is 47.4 Å². The first kappa shape index (κ1) is 16.5. The number of aliphatic carboxylic acids is 1. The molecule has 1 aromatic rings. The number of carbonyl (C=O) groups is 3. The van der Waals surface area contributed by atoms with Gasteiger partial charge in [0.25, 0.3) is 11.8 Å². The molecule has 1 unspecified atom stereocenters. The number of hydrogen-bond acceptors (Lipinski definition) is 5. The maximum atomic E-state index is 12.2. The molecule has 0 bridgehead atoms. The Labute approximate surface area is 132 Å². The molecule has 0 saturated carbocycles. The average molecular weight is 323 g/mol. The van der Waals surface area contributed by atoms with Crippen molar-refractivity contribution in [2.75, 3.05) is 5.75 Å². The molecule has 1 heterocycles. The number of unbranched alkanes of at least 4 members (excludes halogenated alkanes) is 1. The first-order valence-corrected chi connectivity index (χ1v) is 7.93. The molecule has 0 saturated heterocycles. The molecule has 0 spiro atoms. The van der Waals surface area contributed by atoms with Gasteiger partial charge >= 0.3 is 5.97 Å². The Morgan fingerprint density at radius 3 is 2.27 bits per heavy atom. The van der Waals surface area contributed by atoms with Crippen molar-refractivity contribution in [3.05, 3.63) is 35.4 Å². The van der Waals surface area contributed by atoms with E-state index in [0.717, 1.165) is 24.6 Å². The van der Waals surface area contributed by atoms with Crippen LogP contribution in [0, 0.1) is 0 Å². The topological polar surface area (TPSA) is 83.9 Å². The highest BCUT2D eigenvalue weighted by atomic mass is 32.2. The molecular formula is C15H17NO5S. The van der Waals surface area contributed by atoms with Gasteiger partial charge in [0.05, 0.1) is 11.1 Å². The summed E-state index contributed by atoms with van der Waals surface area (Å²) in [4.78, 5) is 39.5. The van der Waals surface area contributed by atoms with E-state index in [2.05, 4.69) is 0 Å². The molecule has 22 heavy (non-hydrogen) atoms. The summed E-state index contributed by atoms with van der Waals surface area (Å²) in [6, 6.07) is 6.31. The summed E-state index contributed by atoms with van der Waals surface area (Å²) < 4.78 is 0. The van der Waals surface area contributed by atoms with Crippen molar-refractivity contribution >= 4 is 29.5 Å². The van der Waals surface area contributed by atoms with Gasteiger partial charge in [0.2, 0.25) is 4.93 Å². The zero-order chi connectivity index (χ0) is 16.3. The van der Waals surface area contributed by atoms with E-state index in [1.807, 2.05) is 6.92 Å². The van der Waals surface area contributed by atoms with Crippen LogP contribution < -0.4 is 0 Å². The van der Waals surface area contributed by atoms with E-state index in [9.17, 15) is 19.5 Å². The second-order valence-corrected chi connectivity index (χ2v) is 6.47. The molecule has 2 amide bonds. The molecule has 0 aromatic heterocycles. The number of rotatable bonds is 7. The Morgan fingerprint density at radius 2 is 1.82 bits per heavy atom. The van der Waals surface area contributed by atoms with Crippen LogP contribution in [0.4, 0.5) is 0 Å². The lowest BCUT2D eigenvalue weighted by molar-refractivity contribution is -0.179. The molecule has 118 valence electrons. The first-order chi connectivity index (χ1) is 10.4. The Balaban J connectivity index is 2.20. The smallest absolute Gasteiger partial charge is 0.349 e. The molecule has 0 fully saturated rings. The fraction of sp³-hybridized carbons (Fsp3) is 0.400. The van der Waals surface area contributed by atoms with Gasteiger partial charge in [-0.2, -0.15) is 0 Å². The zero-order valence-corrected chi connectivity index (χ0v) is 13.2. The maximum Gasteiger partial charge on any atom is 0.349 e. The Bertz CT molecular complexity index is 583. The zero-order valence-electron chi connectivity index (χ0n) is 12.4. The van der Waals surface area contributed by atoms with Crippen molar-refractivity contribution < 1.29 is 24.3 Å². The normalized spacial score (nSPS) is 16.5. The van der Waals surface area contributed by atoms with Crippen molar-refractivity contribution in [3.8, 4) is 0 Å². The molecule has 1 N–H and O–H groups in total. The quantitative estimate of drug-likeness (QED) is 0.471. The molecule has 1 aromatic carbocycles. The fourth-order valence-electron chi connectivity index (χ4n) is 1.96. The summed E-state index contributed by atoms with van der Waals surface area (Å²) in [5.41, 5.74) is 0.442. The van der Waals surface area contributed by atoms with Crippen LogP contribution in [0.2, 0.25) is 0 Å². The molecular weight excluding hydrogens is 306 g/mol. The number of imide groups is 1. The second kappa shape index (κ2) is 6.50. The summed E-state index contributed by atoms with van der Waals surface area (Å²) in [6.45, 7) is 3.34. The summed E-state index contributed by atoms with van der Waals surface area (Å²) >= 11 is 1.06. The van der Waals surface area contributed by atoms with E-state index in [-0.39, 0.29) is 11.1 Å². The van der Waals surface area contributed by atoms with Crippen molar-refractivity contribution in [2.45, 2.75) is 31.6 Å². The summed E-state index contributed by atoms with van der Waals surface area (Å²) in [5, 5.41) is 9.94. The third-order valence-electron chi connectivity index (χ3n) is 3.29. The number of benzene rings is 1. The van der Waals surface area contributed by atoms with Gasteiger partial charge in [0, 0.05) is 0 Å². The molecule has 7 heteroatoms. The highest BCUT2D eigenvalue weighted by molar-refractivity contribution is 8.01. The number of thioether (sulfide) groups is 1. The molecule has 6 nitrogen and oxygen atoms in total. The lowest BCUT2D eigenvalue weighted by Crippen LogP contribution is -2.44. The predicted molar refractivity (Wildman–Crippen MR) is 81.4 cm³/mol. The first-order valence-electron chi connectivity index (χ1n) is 6.95. The van der Waals surface area contributed by atoms with Gasteiger partial charge < -0.3 is 5.11 Å². The minimum atomic E-state index is -1.69. The number of hydrogen-bond donors (Lipinski definition) is 1. The van der Waals surface area contributed by atoms with Crippen LogP contribution in [0.3, 0.4) is 0 Å². The van der Waals surface area contributed by atoms with E-state index in [4.69, 9.17) is 4.84 Å². The van der Waals surface area contributed by atoms with Crippen molar-refractivity contribution in [1.29, 1.82) is 0 Å². The Morgan fingerprint density at radius 1 is 1.27 bits per heavy atom. The van der Waals surface area contributed by atoms with Gasteiger partial charge in [0.1, 0.15) is 0 Å². The van der Waals surface area contributed by atoms with Gasteiger partial charge in [-0.25, -0.2) is 9.63 Å². The van der Waals surface area contributed by atoms with Crippen molar-refractivity contribution in [3.63, 3.8) is 0 Å². The number of hydroxylamine groups is 2. The molecule has 1 aliphatic rings. The van der Waals surface area contributed by atoms with E-state index < -0.39 is 22.7 Å². The van der Waals surface area contributed by atoms with Gasteiger partial charge in [-0.15, -0.1) is 16.8 Å². The standard InChI is InChI=1S/C15H17NO5S/c1-3-4-9-22-15(2,14(19)20)21-16-12(17)10-7-5-6-8-11(10)13(16)18/h5-8H,3-4,9H2,1-2H3,(H,19,20). The lowest BCUT2D eigenvalue weighted by Gasteiger charge is -2.27. The van der Waals surface area contributed by atoms with E-state index in [1.165, 1.54) is 19.1 Å². The number of nitrogens with zero attached hydrogens (tertiary/aromatic N) is 1. The number of carboxylic acids is 1. The minimum Gasteiger partial charge on any atom is -0.478 e. The van der Waals surface area contributed by atoms with E-state index >= 15 is 0 Å². The second-order valence-electron chi connectivity index (χ2n) is 4.99. The highest BCUT2D eigenvalue weighted by Crippen LogP contribution is 2.32. The lowest BCUT2D eigenvalue weighted by atomic mass is 10.1. The van der Waals surface area contributed by atoms with Gasteiger partial charge in [-0.05, 0) is 31.2 Å². The van der Waals surface area contributed by atoms with Crippen LogP contribution in [-0.4, -0.2) is 38.6 Å². The molecule has 0 aliphatic carbocycles. The fourth-order valence-corrected chi connectivity index (χ4v) is 3.04. The summed E-state index contributed by atoms with van der Waals surface area (Å²) in [5.74, 6) is -1.94. The van der Waals surface area contributed by atoms with Crippen LogP contribution in [0.5, 0.6) is 0 Å². The third kappa shape index (κ3) is 3.00. The van der Waals surface area contributed by atoms with Crippen molar-refractivity contribution in [2.24, 2.45) is 0 Å². The van der Waals surface area contributed by atoms with Gasteiger partial charge in [-0.3, -0.25) is 9.59 Å². The minimum absolute atomic E-state index is 0.221. The summed E-state index contributed by atoms with van der Waals surface area (Å²) in [7, 11) is 0. The number of amides is 2. The molecule has 0 radical (unpaired) electrons. The average Bonchev–Trinajstić information content (AvgIpc) is 2.73. The highest BCUT2D eigenvalue weighted by Gasteiger charge is 2.45. The van der Waals surface area contributed by atoms with Crippen molar-refractivity contribution in [1.82, 2.24) is 5.06 Å². The predicted octanol–water partition coefficient (Wildman–Crippen LogP) is 2.55. The molecule has 2 rings (SSSR count). The van der Waals surface area contributed by atoms with Gasteiger partial charge in [-0.1, -0.05) is 25.5 Å². The third-order valence-corrected chi connectivity index (χ3v) is 4.58. The Kier molecular flexibility index (Phi) is 4.87. The number of carboxylic acid groups (broad SMARTS) is 1. The monoisotopic (exact) mass is 323 g/mol.